The molecule has 4 aromatic heterocycles. The second-order valence-corrected chi connectivity index (χ2v) is 9.41. The third-order valence-corrected chi connectivity index (χ3v) is 6.79. The van der Waals surface area contributed by atoms with E-state index in [4.69, 9.17) is 9.97 Å². The van der Waals surface area contributed by atoms with Gasteiger partial charge in [-0.2, -0.15) is 0 Å². The largest absolute Gasteiger partial charge is 0.308 e. The molecule has 0 saturated heterocycles. The van der Waals surface area contributed by atoms with Crippen molar-refractivity contribution >= 4 is 11.2 Å². The van der Waals surface area contributed by atoms with Gasteiger partial charge in [-0.15, -0.1) is 10.2 Å². The fraction of sp³-hybridized carbons (Fsp3) is 0.250. The standard InChI is InChI=1S/C28H28N10/c1-5-21-16-38(36-31-21)22-11-12-23(27-32-34-35-33-27)24(14-22)20-9-7-19(8-10-20)15-37-25(6-2)30-26-17(3)13-18(4)29-28(26)37/h7-14,16H,5-6,15H2,1-4H3,(H,32,33,34,35). The summed E-state index contributed by atoms with van der Waals surface area (Å²) in [5, 5.41) is 23.1. The van der Waals surface area contributed by atoms with Gasteiger partial charge in [0.1, 0.15) is 11.3 Å². The summed E-state index contributed by atoms with van der Waals surface area (Å²) in [7, 11) is 0. The molecule has 0 unspecified atom stereocenters. The molecule has 0 aliphatic rings. The highest BCUT2D eigenvalue weighted by molar-refractivity contribution is 5.82. The first-order valence-corrected chi connectivity index (χ1v) is 12.8. The number of tetrazole rings is 1. The Balaban J connectivity index is 1.38. The van der Waals surface area contributed by atoms with Crippen LogP contribution in [0.2, 0.25) is 0 Å². The number of imidazole rings is 1. The lowest BCUT2D eigenvalue weighted by molar-refractivity contribution is 0.745. The number of nitrogens with zero attached hydrogens (tertiary/aromatic N) is 9. The SMILES string of the molecule is CCc1cn(-c2ccc(-c3nnn[nH]3)c(-c3ccc(Cn4c(CC)nc5c(C)cc(C)nc54)cc3)c2)nn1. The molecular formula is C28H28N10. The summed E-state index contributed by atoms with van der Waals surface area (Å²) in [6.07, 6.45) is 3.63. The number of nitrogens with one attached hydrogen (secondary N) is 1. The first-order chi connectivity index (χ1) is 18.5. The molecule has 2 aromatic carbocycles. The molecule has 1 N–H and O–H groups in total. The van der Waals surface area contributed by atoms with Gasteiger partial charge in [0, 0.05) is 17.7 Å². The van der Waals surface area contributed by atoms with Crippen LogP contribution in [0.4, 0.5) is 0 Å². The molecule has 0 fully saturated rings. The van der Waals surface area contributed by atoms with E-state index in [1.807, 2.05) is 25.3 Å². The first kappa shape index (κ1) is 23.7. The van der Waals surface area contributed by atoms with Crippen molar-refractivity contribution < 1.29 is 0 Å². The first-order valence-electron chi connectivity index (χ1n) is 12.8. The van der Waals surface area contributed by atoms with Gasteiger partial charge in [-0.1, -0.05) is 43.3 Å². The molecular weight excluding hydrogens is 476 g/mol. The van der Waals surface area contributed by atoms with E-state index in [1.54, 1.807) is 4.68 Å². The maximum Gasteiger partial charge on any atom is 0.180 e. The minimum Gasteiger partial charge on any atom is -0.308 e. The monoisotopic (exact) mass is 504 g/mol. The van der Waals surface area contributed by atoms with E-state index in [1.165, 1.54) is 5.56 Å². The number of benzene rings is 2. The smallest absolute Gasteiger partial charge is 0.180 e. The number of pyridine rings is 1. The molecule has 38 heavy (non-hydrogen) atoms. The van der Waals surface area contributed by atoms with Crippen molar-refractivity contribution in [3.05, 3.63) is 83.1 Å². The minimum absolute atomic E-state index is 0.609. The average Bonchev–Trinajstić information content (AvgIpc) is 3.70. The van der Waals surface area contributed by atoms with Gasteiger partial charge in [0.2, 0.25) is 0 Å². The van der Waals surface area contributed by atoms with Crippen molar-refractivity contribution in [2.75, 3.05) is 0 Å². The Hall–Kier alpha value is -4.73. The molecule has 10 heteroatoms. The van der Waals surface area contributed by atoms with Crippen LogP contribution < -0.4 is 0 Å². The zero-order valence-electron chi connectivity index (χ0n) is 21.8. The molecule has 0 aliphatic heterocycles. The van der Waals surface area contributed by atoms with Gasteiger partial charge in [0.25, 0.3) is 0 Å². The Bertz CT molecular complexity index is 1730. The lowest BCUT2D eigenvalue weighted by Crippen LogP contribution is -2.05. The van der Waals surface area contributed by atoms with E-state index in [-0.39, 0.29) is 0 Å². The molecule has 0 aliphatic carbocycles. The van der Waals surface area contributed by atoms with Crippen molar-refractivity contribution in [3.63, 3.8) is 0 Å². The number of hydrogen-bond acceptors (Lipinski definition) is 7. The van der Waals surface area contributed by atoms with Gasteiger partial charge < -0.3 is 4.57 Å². The zero-order chi connectivity index (χ0) is 26.2. The van der Waals surface area contributed by atoms with E-state index in [2.05, 4.69) is 92.7 Å². The normalized spacial score (nSPS) is 11.5. The Morgan fingerprint density at radius 1 is 0.868 bits per heavy atom. The summed E-state index contributed by atoms with van der Waals surface area (Å²) in [6, 6.07) is 16.8. The van der Waals surface area contributed by atoms with Crippen LogP contribution in [0.5, 0.6) is 0 Å². The molecule has 6 aromatic rings. The van der Waals surface area contributed by atoms with Crippen molar-refractivity contribution in [1.29, 1.82) is 0 Å². The van der Waals surface area contributed by atoms with Gasteiger partial charge in [0.05, 0.1) is 24.1 Å². The van der Waals surface area contributed by atoms with Crippen molar-refractivity contribution in [1.82, 2.24) is 50.2 Å². The zero-order valence-corrected chi connectivity index (χ0v) is 21.8. The Morgan fingerprint density at radius 3 is 2.42 bits per heavy atom. The predicted molar refractivity (Wildman–Crippen MR) is 145 cm³/mol. The number of rotatable bonds is 7. The highest BCUT2D eigenvalue weighted by Gasteiger charge is 2.16. The van der Waals surface area contributed by atoms with Crippen LogP contribution in [0.1, 0.15) is 42.2 Å². The number of aromatic nitrogens is 10. The van der Waals surface area contributed by atoms with Crippen molar-refractivity contribution in [2.45, 2.75) is 47.1 Å². The van der Waals surface area contributed by atoms with Crippen LogP contribution in [-0.4, -0.2) is 50.2 Å². The quantitative estimate of drug-likeness (QED) is 0.336. The highest BCUT2D eigenvalue weighted by Crippen LogP contribution is 2.32. The van der Waals surface area contributed by atoms with Crippen molar-refractivity contribution in [2.24, 2.45) is 0 Å². The van der Waals surface area contributed by atoms with E-state index in [0.29, 0.717) is 12.4 Å². The molecule has 10 nitrogen and oxygen atoms in total. The highest BCUT2D eigenvalue weighted by atomic mass is 15.5. The van der Waals surface area contributed by atoms with Crippen LogP contribution >= 0.6 is 0 Å². The van der Waals surface area contributed by atoms with Crippen LogP contribution in [0, 0.1) is 13.8 Å². The summed E-state index contributed by atoms with van der Waals surface area (Å²) >= 11 is 0. The van der Waals surface area contributed by atoms with Gasteiger partial charge >= 0.3 is 0 Å². The lowest BCUT2D eigenvalue weighted by atomic mass is 9.97. The van der Waals surface area contributed by atoms with Crippen molar-refractivity contribution in [3.8, 4) is 28.2 Å². The topological polar surface area (TPSA) is 116 Å². The van der Waals surface area contributed by atoms with Crippen LogP contribution in [0.25, 0.3) is 39.4 Å². The van der Waals surface area contributed by atoms with E-state index >= 15 is 0 Å². The Labute approximate surface area is 219 Å². The lowest BCUT2D eigenvalue weighted by Gasteiger charge is -2.12. The molecule has 0 amide bonds. The number of aromatic amines is 1. The van der Waals surface area contributed by atoms with Gasteiger partial charge in [-0.05, 0) is 77.2 Å². The molecule has 190 valence electrons. The van der Waals surface area contributed by atoms with Crippen LogP contribution in [-0.2, 0) is 19.4 Å². The predicted octanol–water partition coefficient (Wildman–Crippen LogP) is 4.65. The maximum absolute atomic E-state index is 4.88. The number of aryl methyl sites for hydroxylation is 4. The van der Waals surface area contributed by atoms with E-state index in [9.17, 15) is 0 Å². The summed E-state index contributed by atoms with van der Waals surface area (Å²) in [6.45, 7) is 9.03. The number of H-pyrrole nitrogens is 1. The van der Waals surface area contributed by atoms with E-state index in [0.717, 1.165) is 69.2 Å². The fourth-order valence-corrected chi connectivity index (χ4v) is 4.84. The molecule has 0 bridgehead atoms. The molecule has 4 heterocycles. The summed E-state index contributed by atoms with van der Waals surface area (Å²) < 4.78 is 4.03. The molecule has 0 saturated carbocycles. The Morgan fingerprint density at radius 2 is 1.71 bits per heavy atom. The van der Waals surface area contributed by atoms with Crippen LogP contribution in [0.15, 0.2) is 54.7 Å². The third kappa shape index (κ3) is 4.23. The van der Waals surface area contributed by atoms with Gasteiger partial charge in [-0.3, -0.25) is 0 Å². The maximum atomic E-state index is 4.88. The molecule has 0 radical (unpaired) electrons. The number of hydrogen-bond donors (Lipinski definition) is 1. The number of fused-ring (bicyclic) bond motifs is 1. The summed E-state index contributed by atoms with van der Waals surface area (Å²) in [5.41, 5.74) is 10.1. The third-order valence-electron chi connectivity index (χ3n) is 6.79. The molecule has 0 spiro atoms. The van der Waals surface area contributed by atoms with E-state index < -0.39 is 0 Å². The molecule has 0 atom stereocenters. The summed E-state index contributed by atoms with van der Waals surface area (Å²) in [5.74, 6) is 1.65. The summed E-state index contributed by atoms with van der Waals surface area (Å²) in [4.78, 5) is 9.70. The fourth-order valence-electron chi connectivity index (χ4n) is 4.84. The minimum atomic E-state index is 0.609. The molecule has 6 rings (SSSR count). The Kier molecular flexibility index (Phi) is 5.99. The van der Waals surface area contributed by atoms with Gasteiger partial charge in [0.15, 0.2) is 11.5 Å². The second-order valence-electron chi connectivity index (χ2n) is 9.41. The average molecular weight is 505 g/mol. The van der Waals surface area contributed by atoms with Gasteiger partial charge in [-0.25, -0.2) is 19.7 Å². The van der Waals surface area contributed by atoms with Crippen LogP contribution in [0.3, 0.4) is 0 Å². The second kappa shape index (κ2) is 9.62.